The van der Waals surface area contributed by atoms with Crippen LogP contribution in [-0.2, 0) is 30.5 Å². The van der Waals surface area contributed by atoms with Crippen molar-refractivity contribution in [2.75, 3.05) is 19.7 Å². The van der Waals surface area contributed by atoms with Crippen LogP contribution in [-0.4, -0.2) is 52.5 Å². The third-order valence-corrected chi connectivity index (χ3v) is 9.04. The number of hydrogen-bond acceptors (Lipinski definition) is 8. The Morgan fingerprint density at radius 1 is 1.00 bits per heavy atom. The van der Waals surface area contributed by atoms with Gasteiger partial charge in [0, 0.05) is 18.8 Å². The summed E-state index contributed by atoms with van der Waals surface area (Å²) in [6.45, 7) is 9.49. The van der Waals surface area contributed by atoms with Crippen LogP contribution in [0.3, 0.4) is 0 Å². The topological polar surface area (TPSA) is 88.5 Å². The lowest BCUT2D eigenvalue weighted by Gasteiger charge is -2.37. The molecule has 2 aromatic carbocycles. The molecule has 0 saturated carbocycles. The molecule has 1 saturated heterocycles. The molecule has 0 bridgehead atoms. The van der Waals surface area contributed by atoms with Crippen LogP contribution in [0.5, 0.6) is 0 Å². The summed E-state index contributed by atoms with van der Waals surface area (Å²) < 4.78 is 11.0. The normalized spacial score (nSPS) is 18.8. The lowest BCUT2D eigenvalue weighted by Crippen LogP contribution is -2.42. The first-order chi connectivity index (χ1) is 20.8. The van der Waals surface area contributed by atoms with Gasteiger partial charge in [0.05, 0.1) is 36.3 Å². The highest BCUT2D eigenvalue weighted by Crippen LogP contribution is 2.45. The number of carbonyl (C=O) groups is 3. The van der Waals surface area contributed by atoms with Crippen molar-refractivity contribution in [3.63, 3.8) is 0 Å². The molecule has 1 fully saturated rings. The van der Waals surface area contributed by atoms with Crippen molar-refractivity contribution in [2.24, 2.45) is 10.9 Å². The van der Waals surface area contributed by atoms with Crippen molar-refractivity contribution in [1.82, 2.24) is 9.80 Å². The summed E-state index contributed by atoms with van der Waals surface area (Å²) in [6.07, 6.45) is 1.36. The van der Waals surface area contributed by atoms with E-state index in [0.717, 1.165) is 22.0 Å². The quantitative estimate of drug-likeness (QED) is 0.311. The van der Waals surface area contributed by atoms with Gasteiger partial charge in [0.2, 0.25) is 5.91 Å². The number of esters is 2. The van der Waals surface area contributed by atoms with Crippen molar-refractivity contribution < 1.29 is 23.9 Å². The molecule has 0 radical (unpaired) electrons. The standard InChI is InChI=1S/C34H39N3O5S/c1-5-41-32(39)27-15-17-36(18-16-27)29(38)19-28-21-43-34-35-23(4)30(33(40)42-20-24-9-7-6-8-10-24)31(37(28)34)26-13-11-25(12-14-26)22(2)3/h6-14,21-22,27,31H,5,15-20H2,1-4H3/t31-/m1/s1. The Morgan fingerprint density at radius 3 is 2.35 bits per heavy atom. The maximum absolute atomic E-state index is 13.7. The van der Waals surface area contributed by atoms with Crippen LogP contribution in [0.4, 0.5) is 0 Å². The van der Waals surface area contributed by atoms with Crippen LogP contribution in [0.1, 0.15) is 75.6 Å². The summed E-state index contributed by atoms with van der Waals surface area (Å²) >= 11 is 1.46. The van der Waals surface area contributed by atoms with Crippen molar-refractivity contribution in [1.29, 1.82) is 0 Å². The summed E-state index contributed by atoms with van der Waals surface area (Å²) in [5, 5.41) is 2.70. The van der Waals surface area contributed by atoms with E-state index in [-0.39, 0.29) is 30.8 Å². The average Bonchev–Trinajstić information content (AvgIpc) is 3.41. The highest BCUT2D eigenvalue weighted by atomic mass is 32.2. The number of amides is 1. The Labute approximate surface area is 257 Å². The predicted octanol–water partition coefficient (Wildman–Crippen LogP) is 6.32. The number of likely N-dealkylation sites (tertiary alicyclic amines) is 1. The second-order valence-electron chi connectivity index (χ2n) is 11.4. The number of carbonyl (C=O) groups excluding carboxylic acids is 3. The van der Waals surface area contributed by atoms with E-state index in [9.17, 15) is 14.4 Å². The molecule has 43 heavy (non-hydrogen) atoms. The van der Waals surface area contributed by atoms with Crippen LogP contribution in [0, 0.1) is 5.92 Å². The van der Waals surface area contributed by atoms with E-state index in [1.54, 1.807) is 6.92 Å². The van der Waals surface area contributed by atoms with E-state index >= 15 is 0 Å². The van der Waals surface area contributed by atoms with E-state index in [1.807, 2.05) is 52.5 Å². The van der Waals surface area contributed by atoms with E-state index in [1.165, 1.54) is 17.3 Å². The molecule has 5 rings (SSSR count). The largest absolute Gasteiger partial charge is 0.466 e. The number of piperidine rings is 1. The molecule has 1 amide bonds. The number of amidine groups is 1. The van der Waals surface area contributed by atoms with Crippen molar-refractivity contribution in [2.45, 2.75) is 65.5 Å². The lowest BCUT2D eigenvalue weighted by molar-refractivity contribution is -0.151. The Hall–Kier alpha value is -3.85. The van der Waals surface area contributed by atoms with Crippen LogP contribution in [0.2, 0.25) is 0 Å². The van der Waals surface area contributed by atoms with E-state index in [0.29, 0.717) is 49.7 Å². The second-order valence-corrected chi connectivity index (χ2v) is 12.2. The van der Waals surface area contributed by atoms with E-state index in [2.05, 4.69) is 38.1 Å². The summed E-state index contributed by atoms with van der Waals surface area (Å²) in [5.74, 6) is -0.413. The Balaban J connectivity index is 1.38. The fraction of sp³-hybridized carbons (Fsp3) is 0.412. The number of benzene rings is 2. The first-order valence-electron chi connectivity index (χ1n) is 15.0. The molecule has 0 unspecified atom stereocenters. The average molecular weight is 602 g/mol. The Morgan fingerprint density at radius 2 is 1.70 bits per heavy atom. The molecule has 1 atom stereocenters. The molecule has 0 aliphatic carbocycles. The smallest absolute Gasteiger partial charge is 0.338 e. The van der Waals surface area contributed by atoms with Crippen molar-refractivity contribution in [3.05, 3.63) is 93.7 Å². The van der Waals surface area contributed by atoms with E-state index in [4.69, 9.17) is 14.5 Å². The van der Waals surface area contributed by atoms with Gasteiger partial charge in [-0.25, -0.2) is 9.79 Å². The number of thioether (sulfide) groups is 1. The molecule has 3 aliphatic heterocycles. The highest BCUT2D eigenvalue weighted by molar-refractivity contribution is 8.16. The van der Waals surface area contributed by atoms with Crippen molar-refractivity contribution >= 4 is 34.8 Å². The molecule has 0 aromatic heterocycles. The fourth-order valence-electron chi connectivity index (χ4n) is 5.70. The molecule has 2 aromatic rings. The SMILES string of the molecule is CCOC(=O)C1CCN(C(=O)CC2=CSC3=NC(C)=C(C(=O)OCc4ccccc4)[C@@H](c4ccc(C(C)C)cc4)N23)CC1. The van der Waals surface area contributed by atoms with E-state index < -0.39 is 12.0 Å². The van der Waals surface area contributed by atoms with Gasteiger partial charge < -0.3 is 19.3 Å². The van der Waals surface area contributed by atoms with Gasteiger partial charge in [0.15, 0.2) is 5.17 Å². The fourth-order valence-corrected chi connectivity index (χ4v) is 6.67. The summed E-state index contributed by atoms with van der Waals surface area (Å²) in [5.41, 5.74) is 4.90. The van der Waals surface area contributed by atoms with Crippen LogP contribution < -0.4 is 0 Å². The Kier molecular flexibility index (Phi) is 9.70. The second kappa shape index (κ2) is 13.6. The molecule has 0 spiro atoms. The molecular formula is C34H39N3O5S. The molecule has 3 aliphatic rings. The van der Waals surface area contributed by atoms with Gasteiger partial charge in [-0.3, -0.25) is 9.59 Å². The van der Waals surface area contributed by atoms with Gasteiger partial charge in [0.1, 0.15) is 6.61 Å². The lowest BCUT2D eigenvalue weighted by atomic mass is 9.91. The van der Waals surface area contributed by atoms with Crippen molar-refractivity contribution in [3.8, 4) is 0 Å². The van der Waals surface area contributed by atoms with Crippen LogP contribution in [0.15, 0.2) is 82.0 Å². The first kappa shape index (κ1) is 30.6. The summed E-state index contributed by atoms with van der Waals surface area (Å²) in [4.78, 5) is 48.1. The zero-order valence-corrected chi connectivity index (χ0v) is 26.1. The van der Waals surface area contributed by atoms with Gasteiger partial charge in [-0.2, -0.15) is 0 Å². The molecule has 226 valence electrons. The van der Waals surface area contributed by atoms with Crippen LogP contribution in [0.25, 0.3) is 0 Å². The number of allylic oxidation sites excluding steroid dienone is 1. The predicted molar refractivity (Wildman–Crippen MR) is 168 cm³/mol. The highest BCUT2D eigenvalue weighted by Gasteiger charge is 2.41. The third-order valence-electron chi connectivity index (χ3n) is 8.15. The minimum absolute atomic E-state index is 0.0104. The molecule has 9 heteroatoms. The zero-order chi connectivity index (χ0) is 30.5. The zero-order valence-electron chi connectivity index (χ0n) is 25.2. The number of ether oxygens (including phenoxy) is 2. The molecule has 3 heterocycles. The van der Waals surface area contributed by atoms with Gasteiger partial charge in [-0.1, -0.05) is 80.2 Å². The number of nitrogens with zero attached hydrogens (tertiary/aromatic N) is 3. The Bertz CT molecular complexity index is 1440. The minimum atomic E-state index is -0.486. The van der Waals surface area contributed by atoms with Gasteiger partial charge in [-0.15, -0.1) is 0 Å². The van der Waals surface area contributed by atoms with Gasteiger partial charge in [-0.05, 0) is 54.7 Å². The number of fused-ring (bicyclic) bond motifs is 1. The summed E-state index contributed by atoms with van der Waals surface area (Å²) in [7, 11) is 0. The maximum atomic E-state index is 13.7. The third kappa shape index (κ3) is 6.88. The molecule has 0 N–H and O–H groups in total. The maximum Gasteiger partial charge on any atom is 0.338 e. The minimum Gasteiger partial charge on any atom is -0.466 e. The number of aliphatic imine (C=N–C) groups is 1. The number of hydrogen-bond donors (Lipinski definition) is 0. The molecular weight excluding hydrogens is 562 g/mol. The monoisotopic (exact) mass is 601 g/mol. The molecule has 8 nitrogen and oxygen atoms in total. The summed E-state index contributed by atoms with van der Waals surface area (Å²) in [6, 6.07) is 17.4. The van der Waals surface area contributed by atoms with Gasteiger partial charge in [0.25, 0.3) is 0 Å². The van der Waals surface area contributed by atoms with Gasteiger partial charge >= 0.3 is 11.9 Å². The number of rotatable bonds is 9. The van der Waals surface area contributed by atoms with Crippen LogP contribution >= 0.6 is 11.8 Å². The first-order valence-corrected chi connectivity index (χ1v) is 15.8.